The van der Waals surface area contributed by atoms with Crippen LogP contribution in [0.3, 0.4) is 0 Å². The molecule has 166 valence electrons. The third-order valence-corrected chi connectivity index (χ3v) is 7.41. The topological polar surface area (TPSA) is 123 Å². The molecule has 10 nitrogen and oxygen atoms in total. The summed E-state index contributed by atoms with van der Waals surface area (Å²) in [5.41, 5.74) is 2.92. The van der Waals surface area contributed by atoms with Gasteiger partial charge in [0.15, 0.2) is 7.05 Å². The van der Waals surface area contributed by atoms with Gasteiger partial charge < -0.3 is 4.90 Å². The highest BCUT2D eigenvalue weighted by molar-refractivity contribution is 7.89. The van der Waals surface area contributed by atoms with Crippen molar-refractivity contribution in [2.24, 2.45) is 0 Å². The van der Waals surface area contributed by atoms with Crippen LogP contribution in [0.25, 0.3) is 10.9 Å². The number of sulfonamides is 1. The number of carbonyl (C=O) groups excluding carboxylic acids is 1. The van der Waals surface area contributed by atoms with E-state index in [2.05, 4.69) is 4.98 Å². The summed E-state index contributed by atoms with van der Waals surface area (Å²) in [6.45, 7) is 1.06. The maximum Gasteiger partial charge on any atom is 0.276 e. The van der Waals surface area contributed by atoms with Crippen LogP contribution in [0.2, 0.25) is 0 Å². The Morgan fingerprint density at radius 2 is 1.81 bits per heavy atom. The van der Waals surface area contributed by atoms with Crippen molar-refractivity contribution in [3.63, 3.8) is 0 Å². The molecule has 0 saturated carbocycles. The van der Waals surface area contributed by atoms with Crippen LogP contribution in [0.4, 0.5) is 11.4 Å². The number of aromatic nitrogens is 1. The number of para-hydroxylation sites is 1. The largest absolute Gasteiger partial charge is 0.368 e. The van der Waals surface area contributed by atoms with Gasteiger partial charge in [-0.25, -0.2) is 13.9 Å². The maximum atomic E-state index is 13.3. The van der Waals surface area contributed by atoms with Crippen molar-refractivity contribution in [1.82, 2.24) is 14.8 Å². The molecule has 0 radical (unpaired) electrons. The maximum absolute atomic E-state index is 13.3. The van der Waals surface area contributed by atoms with Crippen LogP contribution in [0.5, 0.6) is 0 Å². The van der Waals surface area contributed by atoms with Gasteiger partial charge in [-0.1, -0.05) is 18.2 Å². The number of amides is 1. The minimum atomic E-state index is -3.77. The van der Waals surface area contributed by atoms with Crippen molar-refractivity contribution < 1.29 is 23.2 Å². The van der Waals surface area contributed by atoms with E-state index in [-0.39, 0.29) is 29.2 Å². The number of pyridine rings is 1. The lowest BCUT2D eigenvalue weighted by Crippen LogP contribution is -2.49. The molecule has 1 aliphatic rings. The number of nitrogens with one attached hydrogen (secondary N) is 1. The standard InChI is InChI=1S/C21H21N5O5S/c1-24(29)16-7-8-18(17(14-16)21(27)23-28)25-10-12-26(13-11-25)32(30,31)19-6-2-4-15-5-3-9-22-20(15)19/h2-9,14H,10-13H2,1H3,(H-,23,27,28)/p+1. The Labute approximate surface area is 184 Å². The van der Waals surface area contributed by atoms with Gasteiger partial charge in [0.05, 0.1) is 16.8 Å². The molecule has 0 unspecified atom stereocenters. The monoisotopic (exact) mass is 456 g/mol. The Morgan fingerprint density at radius 3 is 2.50 bits per heavy atom. The van der Waals surface area contributed by atoms with Gasteiger partial charge in [-0.05, 0) is 18.2 Å². The molecule has 1 aromatic heterocycles. The van der Waals surface area contributed by atoms with E-state index in [1.54, 1.807) is 42.0 Å². The van der Waals surface area contributed by atoms with Crippen molar-refractivity contribution in [2.45, 2.75) is 4.90 Å². The lowest BCUT2D eigenvalue weighted by Gasteiger charge is -2.36. The predicted molar refractivity (Wildman–Crippen MR) is 118 cm³/mol. The molecule has 11 heteroatoms. The summed E-state index contributed by atoms with van der Waals surface area (Å²) in [7, 11) is -2.46. The van der Waals surface area contributed by atoms with Gasteiger partial charge in [0, 0.05) is 59.6 Å². The summed E-state index contributed by atoms with van der Waals surface area (Å²) in [6, 6.07) is 13.2. The molecule has 0 aliphatic carbocycles. The molecule has 0 spiro atoms. The molecule has 2 aromatic carbocycles. The number of hydrogen-bond donors (Lipinski definition) is 2. The van der Waals surface area contributed by atoms with Gasteiger partial charge in [-0.2, -0.15) is 4.31 Å². The van der Waals surface area contributed by atoms with Crippen LogP contribution in [0.1, 0.15) is 10.4 Å². The zero-order chi connectivity index (χ0) is 22.9. The first-order chi connectivity index (χ1) is 15.3. The van der Waals surface area contributed by atoms with Crippen LogP contribution in [0.15, 0.2) is 59.6 Å². The Kier molecular flexibility index (Phi) is 5.87. The van der Waals surface area contributed by atoms with Crippen LogP contribution in [0, 0.1) is 4.91 Å². The number of rotatable bonds is 5. The van der Waals surface area contributed by atoms with Gasteiger partial charge in [0.2, 0.25) is 10.0 Å². The fourth-order valence-corrected chi connectivity index (χ4v) is 5.42. The average molecular weight is 457 g/mol. The van der Waals surface area contributed by atoms with Gasteiger partial charge >= 0.3 is 0 Å². The molecule has 1 aliphatic heterocycles. The number of hydrogen-bond acceptors (Lipinski definition) is 7. The van der Waals surface area contributed by atoms with E-state index in [1.807, 2.05) is 17.0 Å². The first kappa shape index (κ1) is 21.8. The first-order valence-electron chi connectivity index (χ1n) is 9.91. The Balaban J connectivity index is 1.59. The second-order valence-corrected chi connectivity index (χ2v) is 9.27. The lowest BCUT2D eigenvalue weighted by molar-refractivity contribution is -0.428. The summed E-state index contributed by atoms with van der Waals surface area (Å²) < 4.78 is 28.6. The number of hydroxylamine groups is 1. The highest BCUT2D eigenvalue weighted by atomic mass is 32.2. The normalized spacial score (nSPS) is 15.0. The zero-order valence-corrected chi connectivity index (χ0v) is 18.1. The molecule has 1 saturated heterocycles. The molecule has 2 heterocycles. The molecule has 0 atom stereocenters. The van der Waals surface area contributed by atoms with Crippen LogP contribution in [-0.2, 0) is 10.0 Å². The molecular formula is C21H22N5O5S+. The smallest absolute Gasteiger partial charge is 0.276 e. The number of anilines is 1. The Hall–Kier alpha value is -3.41. The van der Waals surface area contributed by atoms with Crippen molar-refractivity contribution in [3.05, 3.63) is 65.2 Å². The van der Waals surface area contributed by atoms with Crippen LogP contribution in [-0.4, -0.2) is 66.8 Å². The fourth-order valence-electron chi connectivity index (χ4n) is 3.83. The van der Waals surface area contributed by atoms with Gasteiger partial charge in [0.25, 0.3) is 11.6 Å². The van der Waals surface area contributed by atoms with Crippen LogP contribution >= 0.6 is 0 Å². The van der Waals surface area contributed by atoms with Gasteiger partial charge in [0.1, 0.15) is 4.90 Å². The molecule has 2 N–H and O–H groups in total. The lowest BCUT2D eigenvalue weighted by atomic mass is 10.1. The third-order valence-electron chi connectivity index (χ3n) is 5.48. The highest BCUT2D eigenvalue weighted by Crippen LogP contribution is 2.29. The SMILES string of the molecule is C[N+](=O)c1ccc(N2CCN(S(=O)(=O)c3cccc4cccnc34)CC2)c(C(=O)NO)c1. The molecule has 0 bridgehead atoms. The van der Waals surface area contributed by atoms with Crippen molar-refractivity contribution in [2.75, 3.05) is 38.1 Å². The number of benzene rings is 2. The molecule has 1 fully saturated rings. The van der Waals surface area contributed by atoms with Crippen molar-refractivity contribution >= 4 is 38.2 Å². The van der Waals surface area contributed by atoms with E-state index in [0.717, 1.165) is 5.39 Å². The molecule has 1 amide bonds. The molecule has 32 heavy (non-hydrogen) atoms. The van der Waals surface area contributed by atoms with E-state index in [9.17, 15) is 18.1 Å². The van der Waals surface area contributed by atoms with E-state index in [1.165, 1.54) is 17.4 Å². The number of nitrogens with zero attached hydrogens (tertiary/aromatic N) is 4. The number of fused-ring (bicyclic) bond motifs is 1. The Bertz CT molecular complexity index is 1300. The summed E-state index contributed by atoms with van der Waals surface area (Å²) in [4.78, 5) is 30.0. The third kappa shape index (κ3) is 3.93. The van der Waals surface area contributed by atoms with Gasteiger partial charge in [-0.15, -0.1) is 0 Å². The fraction of sp³-hybridized carbons (Fsp3) is 0.238. The molecule has 3 aromatic rings. The number of nitroso groups, excluding NO2 is 1. The van der Waals surface area contributed by atoms with Gasteiger partial charge in [-0.3, -0.25) is 15.0 Å². The number of carbonyl (C=O) groups is 1. The van der Waals surface area contributed by atoms with Crippen molar-refractivity contribution in [1.29, 1.82) is 0 Å². The highest BCUT2D eigenvalue weighted by Gasteiger charge is 2.31. The second-order valence-electron chi connectivity index (χ2n) is 7.36. The number of piperazine rings is 1. The Morgan fingerprint density at radius 1 is 1.09 bits per heavy atom. The van der Waals surface area contributed by atoms with Crippen molar-refractivity contribution in [3.8, 4) is 0 Å². The molecule has 4 rings (SSSR count). The first-order valence-corrected chi connectivity index (χ1v) is 11.3. The summed E-state index contributed by atoms with van der Waals surface area (Å²) >= 11 is 0. The quantitative estimate of drug-likeness (QED) is 0.341. The second kappa shape index (κ2) is 8.61. The zero-order valence-electron chi connectivity index (χ0n) is 17.3. The van der Waals surface area contributed by atoms with E-state index >= 15 is 0 Å². The average Bonchev–Trinajstić information content (AvgIpc) is 2.82. The van der Waals surface area contributed by atoms with E-state index in [4.69, 9.17) is 5.21 Å². The minimum absolute atomic E-state index is 0.127. The van der Waals surface area contributed by atoms with E-state index in [0.29, 0.717) is 29.1 Å². The minimum Gasteiger partial charge on any atom is -0.368 e. The summed E-state index contributed by atoms with van der Waals surface area (Å²) in [5.74, 6) is -0.749. The van der Waals surface area contributed by atoms with Crippen LogP contribution < -0.4 is 10.4 Å². The molecular weight excluding hydrogens is 434 g/mol. The summed E-state index contributed by atoms with van der Waals surface area (Å²) in [5, 5.41) is 9.84. The summed E-state index contributed by atoms with van der Waals surface area (Å²) in [6.07, 6.45) is 1.57. The predicted octanol–water partition coefficient (Wildman–Crippen LogP) is 1.90. The van der Waals surface area contributed by atoms with E-state index < -0.39 is 15.9 Å².